The number of hydrogen-bond donors (Lipinski definition) is 1. The van der Waals surface area contributed by atoms with Crippen LogP contribution in [0.5, 0.6) is 0 Å². The Bertz CT molecular complexity index is 874. The van der Waals surface area contributed by atoms with Crippen molar-refractivity contribution in [3.8, 4) is 0 Å². The summed E-state index contributed by atoms with van der Waals surface area (Å²) in [6.45, 7) is 1.00. The van der Waals surface area contributed by atoms with E-state index in [2.05, 4.69) is 10.3 Å². The Hall–Kier alpha value is -2.71. The molecule has 0 unspecified atom stereocenters. The van der Waals surface area contributed by atoms with Crippen LogP contribution in [0, 0.1) is 5.82 Å². The first-order valence-electron chi connectivity index (χ1n) is 9.23. The Balaban J connectivity index is 1.70. The van der Waals surface area contributed by atoms with E-state index in [9.17, 15) is 14.0 Å². The lowest BCUT2D eigenvalue weighted by Gasteiger charge is -2.16. The van der Waals surface area contributed by atoms with Gasteiger partial charge in [-0.05, 0) is 42.8 Å². The number of carbonyl (C=O) groups is 2. The number of para-hydroxylation sites is 1. The third kappa shape index (κ3) is 5.88. The van der Waals surface area contributed by atoms with Crippen molar-refractivity contribution >= 4 is 40.1 Å². The van der Waals surface area contributed by atoms with E-state index >= 15 is 0 Å². The second kappa shape index (κ2) is 10.2. The Kier molecular flexibility index (Phi) is 7.37. The van der Waals surface area contributed by atoms with Crippen molar-refractivity contribution < 1.29 is 18.7 Å². The van der Waals surface area contributed by atoms with Gasteiger partial charge in [-0.2, -0.15) is 0 Å². The molecule has 1 fully saturated rings. The molecule has 0 radical (unpaired) electrons. The number of halogens is 1. The number of aliphatic imine (C=N–C) groups is 1. The maximum absolute atomic E-state index is 13.0. The smallest absolute Gasteiger partial charge is 0.242 e. The third-order valence-electron chi connectivity index (χ3n) is 4.23. The van der Waals surface area contributed by atoms with Gasteiger partial charge in [-0.15, -0.1) is 0 Å². The van der Waals surface area contributed by atoms with E-state index in [1.807, 2.05) is 30.3 Å². The topological polar surface area (TPSA) is 71.0 Å². The molecule has 29 heavy (non-hydrogen) atoms. The average Bonchev–Trinajstić information content (AvgIpc) is 2.99. The normalized spacial score (nSPS) is 17.7. The monoisotopic (exact) mass is 415 g/mol. The molecule has 1 saturated heterocycles. The Morgan fingerprint density at radius 2 is 1.93 bits per heavy atom. The van der Waals surface area contributed by atoms with Crippen molar-refractivity contribution in [2.75, 3.05) is 25.6 Å². The zero-order chi connectivity index (χ0) is 20.6. The Morgan fingerprint density at radius 3 is 2.62 bits per heavy atom. The number of carbonyl (C=O) groups excluding carboxylic acids is 2. The fraction of sp³-hybridized carbons (Fsp3) is 0.286. The number of rotatable bonds is 8. The van der Waals surface area contributed by atoms with Crippen LogP contribution in [0.4, 0.5) is 15.8 Å². The summed E-state index contributed by atoms with van der Waals surface area (Å²) in [6, 6.07) is 14.9. The van der Waals surface area contributed by atoms with E-state index in [0.717, 1.165) is 5.69 Å². The number of amidine groups is 1. The van der Waals surface area contributed by atoms with Crippen molar-refractivity contribution in [2.45, 2.75) is 18.1 Å². The summed E-state index contributed by atoms with van der Waals surface area (Å²) in [6.07, 6.45) is 0.681. The lowest BCUT2D eigenvalue weighted by Crippen LogP contribution is -2.34. The van der Waals surface area contributed by atoms with Crippen LogP contribution in [0.25, 0.3) is 0 Å². The predicted molar refractivity (Wildman–Crippen MR) is 113 cm³/mol. The fourth-order valence-electron chi connectivity index (χ4n) is 2.82. The minimum atomic E-state index is -0.555. The summed E-state index contributed by atoms with van der Waals surface area (Å²) in [5, 5.41) is 2.72. The van der Waals surface area contributed by atoms with Gasteiger partial charge in [0.05, 0.1) is 5.69 Å². The molecule has 2 aromatic rings. The van der Waals surface area contributed by atoms with Crippen LogP contribution in [-0.2, 0) is 14.3 Å². The van der Waals surface area contributed by atoms with E-state index in [0.29, 0.717) is 30.4 Å². The van der Waals surface area contributed by atoms with Gasteiger partial charge in [-0.3, -0.25) is 14.5 Å². The van der Waals surface area contributed by atoms with E-state index < -0.39 is 5.25 Å². The van der Waals surface area contributed by atoms with Gasteiger partial charge in [0.15, 0.2) is 5.17 Å². The molecule has 2 amide bonds. The van der Waals surface area contributed by atoms with E-state index in [-0.39, 0.29) is 24.1 Å². The highest BCUT2D eigenvalue weighted by molar-refractivity contribution is 8.15. The predicted octanol–water partition coefficient (Wildman–Crippen LogP) is 3.82. The Morgan fingerprint density at radius 1 is 1.21 bits per heavy atom. The van der Waals surface area contributed by atoms with Crippen LogP contribution in [0.1, 0.15) is 12.8 Å². The van der Waals surface area contributed by atoms with Gasteiger partial charge in [0.25, 0.3) is 0 Å². The number of nitrogens with zero attached hydrogens (tertiary/aromatic N) is 2. The molecule has 1 atom stereocenters. The molecular weight excluding hydrogens is 393 g/mol. The second-order valence-corrected chi connectivity index (χ2v) is 7.60. The molecule has 1 aliphatic heterocycles. The van der Waals surface area contributed by atoms with Crippen LogP contribution in [-0.4, -0.2) is 47.4 Å². The number of nitrogens with one attached hydrogen (secondary N) is 1. The molecule has 8 heteroatoms. The molecule has 0 aromatic heterocycles. The van der Waals surface area contributed by atoms with Crippen LogP contribution >= 0.6 is 11.8 Å². The highest BCUT2D eigenvalue weighted by Crippen LogP contribution is 2.32. The molecule has 0 aliphatic carbocycles. The number of hydrogen-bond acceptors (Lipinski definition) is 5. The zero-order valence-electron chi connectivity index (χ0n) is 16.0. The minimum absolute atomic E-state index is 0.00939. The summed E-state index contributed by atoms with van der Waals surface area (Å²) in [7, 11) is 1.61. The highest BCUT2D eigenvalue weighted by atomic mass is 32.2. The summed E-state index contributed by atoms with van der Waals surface area (Å²) < 4.78 is 18.1. The van der Waals surface area contributed by atoms with Crippen molar-refractivity contribution in [3.63, 3.8) is 0 Å². The van der Waals surface area contributed by atoms with Gasteiger partial charge < -0.3 is 10.1 Å². The average molecular weight is 415 g/mol. The molecule has 0 saturated carbocycles. The molecule has 3 rings (SSSR count). The largest absolute Gasteiger partial charge is 0.385 e. The van der Waals surface area contributed by atoms with Gasteiger partial charge in [-0.25, -0.2) is 9.38 Å². The molecular formula is C21H22FN3O3S. The molecule has 1 aliphatic rings. The van der Waals surface area contributed by atoms with Crippen molar-refractivity contribution in [1.82, 2.24) is 4.90 Å². The number of benzene rings is 2. The molecule has 1 N–H and O–H groups in total. The standard InChI is InChI=1S/C21H22FN3O3S/c1-28-13-5-12-25-20(27)18(29-21(25)24-16-6-3-2-4-7-16)14-19(26)23-17-10-8-15(22)9-11-17/h2-4,6-11,18H,5,12-14H2,1H3,(H,23,26)/t18-/m1/s1. The second-order valence-electron chi connectivity index (χ2n) is 6.43. The van der Waals surface area contributed by atoms with Gasteiger partial charge in [0, 0.05) is 32.4 Å². The Labute approximate surface area is 173 Å². The van der Waals surface area contributed by atoms with Gasteiger partial charge in [-0.1, -0.05) is 30.0 Å². The maximum atomic E-state index is 13.0. The minimum Gasteiger partial charge on any atom is -0.385 e. The first-order chi connectivity index (χ1) is 14.1. The van der Waals surface area contributed by atoms with Crippen LogP contribution in [0.2, 0.25) is 0 Å². The van der Waals surface area contributed by atoms with E-state index in [1.54, 1.807) is 12.0 Å². The fourth-order valence-corrected chi connectivity index (χ4v) is 4.01. The van der Waals surface area contributed by atoms with Crippen molar-refractivity contribution in [1.29, 1.82) is 0 Å². The van der Waals surface area contributed by atoms with Crippen LogP contribution in [0.15, 0.2) is 59.6 Å². The summed E-state index contributed by atoms with van der Waals surface area (Å²) in [4.78, 5) is 31.5. The summed E-state index contributed by atoms with van der Waals surface area (Å²) in [5.41, 5.74) is 1.23. The molecule has 2 aromatic carbocycles. The van der Waals surface area contributed by atoms with Gasteiger partial charge in [0.1, 0.15) is 11.1 Å². The van der Waals surface area contributed by atoms with E-state index in [4.69, 9.17) is 4.74 Å². The van der Waals surface area contributed by atoms with Gasteiger partial charge in [0.2, 0.25) is 11.8 Å². The molecule has 0 bridgehead atoms. The summed E-state index contributed by atoms with van der Waals surface area (Å²) in [5.74, 6) is -0.826. The molecule has 6 nitrogen and oxygen atoms in total. The third-order valence-corrected chi connectivity index (χ3v) is 5.41. The van der Waals surface area contributed by atoms with Crippen molar-refractivity contribution in [3.05, 3.63) is 60.4 Å². The number of anilines is 1. The summed E-state index contributed by atoms with van der Waals surface area (Å²) >= 11 is 1.29. The van der Waals surface area contributed by atoms with Crippen LogP contribution < -0.4 is 5.32 Å². The number of ether oxygens (including phenoxy) is 1. The lowest BCUT2D eigenvalue weighted by molar-refractivity contribution is -0.128. The first kappa shape index (κ1) is 21.0. The number of thioether (sulfide) groups is 1. The molecule has 1 heterocycles. The zero-order valence-corrected chi connectivity index (χ0v) is 16.8. The molecule has 152 valence electrons. The first-order valence-corrected chi connectivity index (χ1v) is 10.1. The maximum Gasteiger partial charge on any atom is 0.242 e. The van der Waals surface area contributed by atoms with E-state index in [1.165, 1.54) is 36.0 Å². The number of methoxy groups -OCH3 is 1. The van der Waals surface area contributed by atoms with Crippen molar-refractivity contribution in [2.24, 2.45) is 4.99 Å². The lowest BCUT2D eigenvalue weighted by atomic mass is 10.2. The quantitative estimate of drug-likeness (QED) is 0.666. The van der Waals surface area contributed by atoms with Crippen LogP contribution in [0.3, 0.4) is 0 Å². The molecule has 0 spiro atoms. The highest BCUT2D eigenvalue weighted by Gasteiger charge is 2.38. The SMILES string of the molecule is COCCCN1C(=O)[C@@H](CC(=O)Nc2ccc(F)cc2)SC1=Nc1ccccc1. The number of amides is 2. The van der Waals surface area contributed by atoms with Gasteiger partial charge >= 0.3 is 0 Å².